The number of aromatic nitrogens is 4. The molecule has 1 aliphatic rings. The average Bonchev–Trinajstić information content (AvgIpc) is 3.13. The standard InChI is InChI=1S/C20H30N6O3/c1-4-19(27)26(16-9-7-6-8-10-16)17-11-12-23(15-18(17)29-3)13-14-25-20(28)24(5-2)21-22-25/h6-10,17-18H,4-5,11-15H2,1-3H3. The molecule has 0 aliphatic carbocycles. The molecule has 0 bridgehead atoms. The number of carbonyl (C=O) groups excluding carboxylic acids is 1. The van der Waals surface area contributed by atoms with Crippen molar-refractivity contribution in [3.63, 3.8) is 0 Å². The molecule has 1 aromatic carbocycles. The molecule has 2 aromatic rings. The van der Waals surface area contributed by atoms with Crippen LogP contribution in [0.3, 0.4) is 0 Å². The SMILES string of the molecule is CCC(=O)N(c1ccccc1)C1CCN(CCn2nnn(CC)c2=O)CC1OC. The van der Waals surface area contributed by atoms with Gasteiger partial charge in [0.2, 0.25) is 5.91 Å². The Morgan fingerprint density at radius 3 is 2.52 bits per heavy atom. The predicted octanol–water partition coefficient (Wildman–Crippen LogP) is 0.992. The number of likely N-dealkylation sites (tertiary alicyclic amines) is 1. The molecule has 1 aromatic heterocycles. The Morgan fingerprint density at radius 2 is 1.90 bits per heavy atom. The summed E-state index contributed by atoms with van der Waals surface area (Å²) in [6.45, 7) is 6.94. The molecule has 0 N–H and O–H groups in total. The number of piperidine rings is 1. The lowest BCUT2D eigenvalue weighted by Gasteiger charge is -2.43. The first-order chi connectivity index (χ1) is 14.1. The molecule has 0 spiro atoms. The maximum atomic E-state index is 12.7. The number of carbonyl (C=O) groups is 1. The van der Waals surface area contributed by atoms with E-state index in [9.17, 15) is 9.59 Å². The highest BCUT2D eigenvalue weighted by Crippen LogP contribution is 2.26. The number of rotatable bonds is 8. The van der Waals surface area contributed by atoms with Crippen molar-refractivity contribution in [2.45, 2.75) is 51.9 Å². The summed E-state index contributed by atoms with van der Waals surface area (Å²) in [7, 11) is 1.69. The van der Waals surface area contributed by atoms with Crippen LogP contribution in [0.25, 0.3) is 0 Å². The van der Waals surface area contributed by atoms with Gasteiger partial charge in [-0.3, -0.25) is 9.69 Å². The average molecular weight is 402 g/mol. The summed E-state index contributed by atoms with van der Waals surface area (Å²) in [5, 5.41) is 7.79. The smallest absolute Gasteiger partial charge is 0.363 e. The lowest BCUT2D eigenvalue weighted by atomic mass is 9.98. The van der Waals surface area contributed by atoms with Crippen LogP contribution in [0.5, 0.6) is 0 Å². The third-order valence-electron chi connectivity index (χ3n) is 5.47. The number of hydrogen-bond donors (Lipinski definition) is 0. The van der Waals surface area contributed by atoms with Gasteiger partial charge in [-0.25, -0.2) is 4.79 Å². The van der Waals surface area contributed by atoms with Crippen LogP contribution in [0.4, 0.5) is 5.69 Å². The Hall–Kier alpha value is -2.52. The number of tetrazole rings is 1. The van der Waals surface area contributed by atoms with Crippen LogP contribution in [0.1, 0.15) is 26.7 Å². The second-order valence-corrected chi connectivity index (χ2v) is 7.18. The van der Waals surface area contributed by atoms with Crippen LogP contribution < -0.4 is 10.6 Å². The van der Waals surface area contributed by atoms with Crippen LogP contribution in [0, 0.1) is 0 Å². The normalized spacial score (nSPS) is 20.0. The van der Waals surface area contributed by atoms with E-state index < -0.39 is 0 Å². The van der Waals surface area contributed by atoms with Gasteiger partial charge in [0.15, 0.2) is 0 Å². The fourth-order valence-corrected chi connectivity index (χ4v) is 3.86. The Bertz CT molecular complexity index is 849. The summed E-state index contributed by atoms with van der Waals surface area (Å²) < 4.78 is 8.53. The summed E-state index contributed by atoms with van der Waals surface area (Å²) in [6, 6.07) is 9.76. The molecule has 1 amide bonds. The van der Waals surface area contributed by atoms with Gasteiger partial charge in [0.05, 0.1) is 18.7 Å². The number of nitrogens with zero attached hydrogens (tertiary/aromatic N) is 6. The number of benzene rings is 1. The highest BCUT2D eigenvalue weighted by atomic mass is 16.5. The van der Waals surface area contributed by atoms with Crippen LogP contribution >= 0.6 is 0 Å². The van der Waals surface area contributed by atoms with Gasteiger partial charge < -0.3 is 9.64 Å². The fourth-order valence-electron chi connectivity index (χ4n) is 3.86. The van der Waals surface area contributed by atoms with E-state index in [2.05, 4.69) is 15.3 Å². The van der Waals surface area contributed by atoms with E-state index in [1.165, 1.54) is 9.36 Å². The van der Waals surface area contributed by atoms with Crippen LogP contribution in [0.15, 0.2) is 35.1 Å². The number of methoxy groups -OCH3 is 1. The summed E-state index contributed by atoms with van der Waals surface area (Å²) >= 11 is 0. The Balaban J connectivity index is 1.68. The van der Waals surface area contributed by atoms with E-state index in [4.69, 9.17) is 4.74 Å². The number of ether oxygens (including phenoxy) is 1. The van der Waals surface area contributed by atoms with Gasteiger partial charge in [-0.15, -0.1) is 0 Å². The predicted molar refractivity (Wildman–Crippen MR) is 110 cm³/mol. The Kier molecular flexibility index (Phi) is 7.16. The highest BCUT2D eigenvalue weighted by molar-refractivity contribution is 5.93. The van der Waals surface area contributed by atoms with Gasteiger partial charge in [-0.1, -0.05) is 25.1 Å². The lowest BCUT2D eigenvalue weighted by Crippen LogP contribution is -2.57. The first kappa shape index (κ1) is 21.2. The lowest BCUT2D eigenvalue weighted by molar-refractivity contribution is -0.120. The molecule has 9 nitrogen and oxygen atoms in total. The second-order valence-electron chi connectivity index (χ2n) is 7.18. The zero-order chi connectivity index (χ0) is 20.8. The molecule has 2 unspecified atom stereocenters. The molecule has 0 radical (unpaired) electrons. The van der Waals surface area contributed by atoms with Gasteiger partial charge >= 0.3 is 5.69 Å². The van der Waals surface area contributed by atoms with Gasteiger partial charge in [-0.05, 0) is 35.9 Å². The third-order valence-corrected chi connectivity index (χ3v) is 5.47. The quantitative estimate of drug-likeness (QED) is 0.655. The van der Waals surface area contributed by atoms with Crippen molar-refractivity contribution in [2.24, 2.45) is 0 Å². The van der Waals surface area contributed by atoms with Crippen LogP contribution in [-0.4, -0.2) is 69.5 Å². The first-order valence-corrected chi connectivity index (χ1v) is 10.2. The molecular weight excluding hydrogens is 372 g/mol. The maximum Gasteiger partial charge on any atom is 0.363 e. The van der Waals surface area contributed by atoms with Gasteiger partial charge in [0.25, 0.3) is 0 Å². The summed E-state index contributed by atoms with van der Waals surface area (Å²) in [4.78, 5) is 29.0. The van der Waals surface area contributed by atoms with Crippen molar-refractivity contribution in [3.05, 3.63) is 40.8 Å². The number of para-hydroxylation sites is 1. The molecular formula is C20H30N6O3. The molecule has 1 aliphatic heterocycles. The zero-order valence-electron chi connectivity index (χ0n) is 17.4. The number of anilines is 1. The first-order valence-electron chi connectivity index (χ1n) is 10.2. The van der Waals surface area contributed by atoms with Crippen molar-refractivity contribution >= 4 is 11.6 Å². The van der Waals surface area contributed by atoms with E-state index >= 15 is 0 Å². The summed E-state index contributed by atoms with van der Waals surface area (Å²) in [5.74, 6) is 0.0967. The van der Waals surface area contributed by atoms with Crippen molar-refractivity contribution < 1.29 is 9.53 Å². The number of hydrogen-bond acceptors (Lipinski definition) is 6. The third kappa shape index (κ3) is 4.73. The van der Waals surface area contributed by atoms with Gasteiger partial charge in [-0.2, -0.15) is 9.36 Å². The minimum atomic E-state index is -0.186. The highest BCUT2D eigenvalue weighted by Gasteiger charge is 2.36. The van der Waals surface area contributed by atoms with Crippen LogP contribution in [-0.2, 0) is 22.6 Å². The van der Waals surface area contributed by atoms with E-state index in [0.717, 1.165) is 18.7 Å². The molecule has 1 saturated heterocycles. The summed E-state index contributed by atoms with van der Waals surface area (Å²) in [5.41, 5.74) is 0.719. The molecule has 9 heteroatoms. The fraction of sp³-hybridized carbons (Fsp3) is 0.600. The van der Waals surface area contributed by atoms with E-state index in [0.29, 0.717) is 32.6 Å². The molecule has 29 heavy (non-hydrogen) atoms. The van der Waals surface area contributed by atoms with Crippen molar-refractivity contribution in [2.75, 3.05) is 31.6 Å². The molecule has 1 fully saturated rings. The molecule has 3 rings (SSSR count). The van der Waals surface area contributed by atoms with Crippen molar-refractivity contribution in [3.8, 4) is 0 Å². The second kappa shape index (κ2) is 9.80. The van der Waals surface area contributed by atoms with E-state index in [1.54, 1.807) is 7.11 Å². The molecule has 0 saturated carbocycles. The van der Waals surface area contributed by atoms with Crippen LogP contribution in [0.2, 0.25) is 0 Å². The summed E-state index contributed by atoms with van der Waals surface area (Å²) in [6.07, 6.45) is 1.14. The number of amides is 1. The monoisotopic (exact) mass is 402 g/mol. The molecule has 2 heterocycles. The minimum absolute atomic E-state index is 0.0187. The maximum absolute atomic E-state index is 12.7. The van der Waals surface area contributed by atoms with Gasteiger partial charge in [0, 0.05) is 45.4 Å². The largest absolute Gasteiger partial charge is 0.378 e. The Labute approximate surface area is 170 Å². The van der Waals surface area contributed by atoms with Crippen molar-refractivity contribution in [1.29, 1.82) is 0 Å². The van der Waals surface area contributed by atoms with E-state index in [1.807, 2.05) is 49.1 Å². The Morgan fingerprint density at radius 1 is 1.17 bits per heavy atom. The number of aryl methyl sites for hydroxylation is 1. The minimum Gasteiger partial charge on any atom is -0.378 e. The molecule has 158 valence electrons. The molecule has 2 atom stereocenters. The van der Waals surface area contributed by atoms with Gasteiger partial charge in [0.1, 0.15) is 0 Å². The van der Waals surface area contributed by atoms with E-state index in [-0.39, 0.29) is 23.7 Å². The van der Waals surface area contributed by atoms with Crippen molar-refractivity contribution in [1.82, 2.24) is 24.7 Å². The zero-order valence-corrected chi connectivity index (χ0v) is 17.4. The topological polar surface area (TPSA) is 85.5 Å².